The van der Waals surface area contributed by atoms with Crippen molar-refractivity contribution in [2.75, 3.05) is 14.2 Å². The van der Waals surface area contributed by atoms with E-state index in [0.29, 0.717) is 0 Å². The zero-order valence-corrected chi connectivity index (χ0v) is 16.9. The maximum atomic E-state index is 12.6. The normalized spacial score (nSPS) is 11.9. The second-order valence-corrected chi connectivity index (χ2v) is 5.46. The summed E-state index contributed by atoms with van der Waals surface area (Å²) in [6.45, 7) is 0. The van der Waals surface area contributed by atoms with Crippen LogP contribution in [0.4, 0.5) is 8.63 Å². The Balaban J connectivity index is 0.000000610. The van der Waals surface area contributed by atoms with Gasteiger partial charge in [-0.05, 0) is 5.57 Å². The average molecular weight is 440 g/mol. The minimum absolute atomic E-state index is 0. The second kappa shape index (κ2) is 12.6. The number of hydrogen-bond donors (Lipinski definition) is 0. The van der Waals surface area contributed by atoms with Crippen molar-refractivity contribution in [1.29, 1.82) is 0 Å². The molecule has 29 heavy (non-hydrogen) atoms. The Morgan fingerprint density at radius 1 is 1.03 bits per heavy atom. The van der Waals surface area contributed by atoms with Crippen LogP contribution in [-0.4, -0.2) is 21.7 Å². The van der Waals surface area contributed by atoms with Crippen molar-refractivity contribution < 1.29 is 44.9 Å². The molecule has 0 unspecified atom stereocenters. The zero-order chi connectivity index (χ0) is 20.4. The molecule has 4 nitrogen and oxygen atoms in total. The summed E-state index contributed by atoms with van der Waals surface area (Å²) in [7, 11) is -0.367. The Kier molecular flexibility index (Phi) is 10.5. The first-order chi connectivity index (χ1) is 13.5. The molecule has 1 aliphatic carbocycles. The monoisotopic (exact) mass is 440 g/mol. The van der Waals surface area contributed by atoms with E-state index < -0.39 is 13.2 Å². The van der Waals surface area contributed by atoms with E-state index in [2.05, 4.69) is 4.65 Å². The van der Waals surface area contributed by atoms with Gasteiger partial charge in [0, 0.05) is 17.7 Å². The summed E-state index contributed by atoms with van der Waals surface area (Å²) in [4.78, 5) is 0. The summed E-state index contributed by atoms with van der Waals surface area (Å²) < 4.78 is 39.8. The van der Waals surface area contributed by atoms with Crippen molar-refractivity contribution in [2.24, 2.45) is 0 Å². The molecule has 0 fully saturated rings. The molecule has 8 heteroatoms. The molecule has 0 spiro atoms. The Labute approximate surface area is 179 Å². The predicted octanol–water partition coefficient (Wildman–Crippen LogP) is 4.16. The third kappa shape index (κ3) is 7.60. The number of halogens is 2. The van der Waals surface area contributed by atoms with Crippen molar-refractivity contribution in [3.63, 3.8) is 0 Å². The van der Waals surface area contributed by atoms with E-state index in [9.17, 15) is 13.7 Å². The fraction of sp³-hybridized carbons (Fsp3) is 0.0952. The van der Waals surface area contributed by atoms with Crippen molar-refractivity contribution in [3.8, 4) is 17.2 Å². The number of allylic oxidation sites excluding steroid dienone is 7. The number of methoxy groups -OCH3 is 2. The average Bonchev–Trinajstić information content (AvgIpc) is 3.41. The molecule has 0 saturated heterocycles. The van der Waals surface area contributed by atoms with Gasteiger partial charge in [0.15, 0.2) is 0 Å². The fourth-order valence-electron chi connectivity index (χ4n) is 2.35. The van der Waals surface area contributed by atoms with Crippen LogP contribution >= 0.6 is 0 Å². The molecule has 0 amide bonds. The fourth-order valence-corrected chi connectivity index (χ4v) is 2.35. The zero-order valence-electron chi connectivity index (χ0n) is 15.8. The standard InChI is InChI=1S/C16H15BF2O4.C5H5.Fe/c1-21-12-9-14(22-2)16(15(10-12)23-17(18)19)13(20)8-7-11-5-3-4-6-11;1-2-4-5-3-1;/h3-10,20H,1-2H3;1-5H;/q;-1;+2/p-1. The number of rotatable bonds is 6. The molecule has 0 N–H and O–H groups in total. The van der Waals surface area contributed by atoms with Gasteiger partial charge in [-0.1, -0.05) is 42.2 Å². The van der Waals surface area contributed by atoms with Crippen molar-refractivity contribution in [3.05, 3.63) is 90.1 Å². The van der Waals surface area contributed by atoms with Gasteiger partial charge >= 0.3 is 24.5 Å². The summed E-state index contributed by atoms with van der Waals surface area (Å²) >= 11 is 0. The van der Waals surface area contributed by atoms with Gasteiger partial charge in [0.2, 0.25) is 0 Å². The quantitative estimate of drug-likeness (QED) is 0.385. The van der Waals surface area contributed by atoms with Crippen LogP contribution in [0.5, 0.6) is 17.2 Å². The van der Waals surface area contributed by atoms with Crippen LogP contribution in [0.15, 0.2) is 84.5 Å². The molecule has 3 rings (SSSR count). The molecular formula is C21H19BF2FeO4. The van der Waals surface area contributed by atoms with E-state index in [1.54, 1.807) is 6.08 Å². The van der Waals surface area contributed by atoms with Gasteiger partial charge in [0.1, 0.15) is 17.2 Å². The molecule has 152 valence electrons. The van der Waals surface area contributed by atoms with Crippen LogP contribution in [0.3, 0.4) is 0 Å². The smallest absolute Gasteiger partial charge is 0.872 e. The van der Waals surface area contributed by atoms with Crippen molar-refractivity contribution in [1.82, 2.24) is 0 Å². The minimum atomic E-state index is -3.07. The maximum Gasteiger partial charge on any atom is 2.00 e. The molecule has 0 bridgehead atoms. The van der Waals surface area contributed by atoms with Crippen LogP contribution in [0.25, 0.3) is 5.76 Å². The topological polar surface area (TPSA) is 50.8 Å². The number of ether oxygens (including phenoxy) is 2. The number of hydrogen-bond acceptors (Lipinski definition) is 4. The summed E-state index contributed by atoms with van der Waals surface area (Å²) in [5.74, 6) is -0.471. The largest absolute Gasteiger partial charge is 2.00 e. The molecule has 2 aromatic rings. The molecule has 0 saturated carbocycles. The summed E-state index contributed by atoms with van der Waals surface area (Å²) in [6.07, 6.45) is 10.1. The van der Waals surface area contributed by atoms with E-state index in [-0.39, 0.29) is 39.9 Å². The van der Waals surface area contributed by atoms with Crippen LogP contribution < -0.4 is 19.2 Å². The van der Waals surface area contributed by atoms with Gasteiger partial charge in [-0.25, -0.2) is 20.8 Å². The van der Waals surface area contributed by atoms with Crippen LogP contribution in [0.2, 0.25) is 0 Å². The Hall–Kier alpha value is -2.83. The van der Waals surface area contributed by atoms with E-state index in [4.69, 9.17) is 9.47 Å². The first kappa shape index (κ1) is 24.2. The van der Waals surface area contributed by atoms with Crippen LogP contribution in [-0.2, 0) is 17.1 Å². The van der Waals surface area contributed by atoms with Crippen molar-refractivity contribution >= 4 is 13.2 Å². The van der Waals surface area contributed by atoms with Crippen LogP contribution in [0, 0.1) is 0 Å². The molecule has 0 aromatic heterocycles. The van der Waals surface area contributed by atoms with E-state index >= 15 is 0 Å². The summed E-state index contributed by atoms with van der Waals surface area (Å²) in [5, 5.41) is 12.4. The molecule has 0 aliphatic heterocycles. The SMILES string of the molecule is COc1cc(OC)c(C([O-])=CC=C2C=CC=C2)c(OB(F)F)c1.[Fe+2].c1cc[cH-]c1. The molecule has 0 radical (unpaired) electrons. The third-order valence-corrected chi connectivity index (χ3v) is 3.63. The first-order valence-corrected chi connectivity index (χ1v) is 8.36. The maximum absolute atomic E-state index is 12.6. The molecule has 0 atom stereocenters. The molecule has 0 heterocycles. The molecule has 1 aliphatic rings. The van der Waals surface area contributed by atoms with E-state index in [1.807, 2.05) is 54.6 Å². The Bertz CT molecular complexity index is 844. The summed E-state index contributed by atoms with van der Waals surface area (Å²) in [6, 6.07) is 12.7. The second-order valence-electron chi connectivity index (χ2n) is 5.46. The molecular weight excluding hydrogens is 421 g/mol. The predicted molar refractivity (Wildman–Crippen MR) is 105 cm³/mol. The van der Waals surface area contributed by atoms with E-state index in [0.717, 1.165) is 5.57 Å². The first-order valence-electron chi connectivity index (χ1n) is 8.36. The Morgan fingerprint density at radius 3 is 2.14 bits per heavy atom. The third-order valence-electron chi connectivity index (χ3n) is 3.63. The Morgan fingerprint density at radius 2 is 1.66 bits per heavy atom. The van der Waals surface area contributed by atoms with E-state index in [1.165, 1.54) is 32.4 Å². The molecule has 2 aromatic carbocycles. The van der Waals surface area contributed by atoms with Gasteiger partial charge in [0.05, 0.1) is 14.2 Å². The van der Waals surface area contributed by atoms with Gasteiger partial charge in [0.25, 0.3) is 0 Å². The van der Waals surface area contributed by atoms with Crippen LogP contribution in [0.1, 0.15) is 5.56 Å². The van der Waals surface area contributed by atoms with Gasteiger partial charge in [-0.15, -0.1) is 0 Å². The van der Waals surface area contributed by atoms with Gasteiger partial charge in [-0.3, -0.25) is 0 Å². The van der Waals surface area contributed by atoms with Crippen molar-refractivity contribution in [2.45, 2.75) is 0 Å². The minimum Gasteiger partial charge on any atom is -0.872 e. The van der Waals surface area contributed by atoms with Gasteiger partial charge < -0.3 is 19.2 Å². The summed E-state index contributed by atoms with van der Waals surface area (Å²) in [5.41, 5.74) is 0.735. The van der Waals surface area contributed by atoms with Gasteiger partial charge in [-0.2, -0.15) is 18.2 Å². The number of benzene rings is 1.